The fraction of sp³-hybridized carbons (Fsp3) is 0.350. The lowest BCUT2D eigenvalue weighted by Crippen LogP contribution is -2.30. The number of anilines is 3. The molecule has 0 spiro atoms. The van der Waals surface area contributed by atoms with Crippen LogP contribution in [-0.4, -0.2) is 34.4 Å². The normalized spacial score (nSPS) is 15.3. The summed E-state index contributed by atoms with van der Waals surface area (Å²) in [6.07, 6.45) is 3.02. The molecule has 1 aliphatic carbocycles. The molecule has 166 valence electrons. The van der Waals surface area contributed by atoms with E-state index in [4.69, 9.17) is 5.11 Å². The molecule has 0 saturated heterocycles. The number of sulfonamides is 1. The van der Waals surface area contributed by atoms with Crippen LogP contribution < -0.4 is 10.0 Å². The van der Waals surface area contributed by atoms with Crippen molar-refractivity contribution in [1.29, 1.82) is 0 Å². The summed E-state index contributed by atoms with van der Waals surface area (Å²) in [6.45, 7) is -0.105. The molecule has 1 aliphatic rings. The molecular formula is C20H21F2IN4O3S. The van der Waals surface area contributed by atoms with E-state index in [1.165, 1.54) is 24.5 Å². The van der Waals surface area contributed by atoms with Crippen molar-refractivity contribution in [2.45, 2.75) is 30.4 Å². The fourth-order valence-electron chi connectivity index (χ4n) is 3.60. The molecule has 4 rings (SSSR count). The third kappa shape index (κ3) is 4.10. The van der Waals surface area contributed by atoms with E-state index in [1.54, 1.807) is 17.7 Å². The van der Waals surface area contributed by atoms with Gasteiger partial charge < -0.3 is 15.0 Å². The first-order valence-electron chi connectivity index (χ1n) is 9.66. The van der Waals surface area contributed by atoms with Gasteiger partial charge in [-0.2, -0.15) is 0 Å². The zero-order valence-corrected chi connectivity index (χ0v) is 19.6. The Labute approximate surface area is 192 Å². The highest BCUT2D eigenvalue weighted by atomic mass is 127. The number of hydrogen-bond donors (Lipinski definition) is 3. The smallest absolute Gasteiger partial charge is 0.238 e. The second-order valence-electron chi connectivity index (χ2n) is 7.70. The van der Waals surface area contributed by atoms with E-state index >= 15 is 4.39 Å². The standard InChI is InChI=1S/C20H21F2IN4O3S/c1-27-11-24-19-16(27)10-15(26-31(29,30)20(6-7-20)5-2-8-28)18(17(19)22)25-14-4-3-12(23)9-13(14)21/h3-4,9-11,25-26,28H,2,5-8H2,1H3. The average Bonchev–Trinajstić information content (AvgIpc) is 3.43. The zero-order valence-electron chi connectivity index (χ0n) is 16.6. The highest BCUT2D eigenvalue weighted by molar-refractivity contribution is 14.1. The molecule has 0 amide bonds. The molecule has 0 atom stereocenters. The first-order chi connectivity index (χ1) is 14.7. The average molecular weight is 562 g/mol. The van der Waals surface area contributed by atoms with Crippen LogP contribution in [0.2, 0.25) is 0 Å². The maximum absolute atomic E-state index is 15.4. The molecule has 1 aromatic heterocycles. The van der Waals surface area contributed by atoms with Gasteiger partial charge in [0.1, 0.15) is 17.0 Å². The molecule has 3 N–H and O–H groups in total. The number of nitrogens with one attached hydrogen (secondary N) is 2. The monoisotopic (exact) mass is 562 g/mol. The van der Waals surface area contributed by atoms with Crippen LogP contribution in [0.15, 0.2) is 30.6 Å². The van der Waals surface area contributed by atoms with E-state index in [9.17, 15) is 12.8 Å². The maximum Gasteiger partial charge on any atom is 0.238 e. The quantitative estimate of drug-likeness (QED) is 0.357. The zero-order chi connectivity index (χ0) is 22.4. The lowest BCUT2D eigenvalue weighted by Gasteiger charge is -2.20. The van der Waals surface area contributed by atoms with Crippen LogP contribution in [0.1, 0.15) is 25.7 Å². The number of aromatic nitrogens is 2. The molecule has 2 aromatic carbocycles. The summed E-state index contributed by atoms with van der Waals surface area (Å²) in [7, 11) is -2.21. The van der Waals surface area contributed by atoms with Crippen LogP contribution in [0.5, 0.6) is 0 Å². The Kier molecular flexibility index (Phi) is 5.85. The van der Waals surface area contributed by atoms with Crippen LogP contribution in [0.4, 0.5) is 25.8 Å². The minimum atomic E-state index is -3.88. The largest absolute Gasteiger partial charge is 0.396 e. The molecule has 0 radical (unpaired) electrons. The topological polar surface area (TPSA) is 96.3 Å². The van der Waals surface area contributed by atoms with Crippen molar-refractivity contribution in [3.63, 3.8) is 0 Å². The summed E-state index contributed by atoms with van der Waals surface area (Å²) < 4.78 is 59.9. The maximum atomic E-state index is 15.4. The molecule has 0 aliphatic heterocycles. The highest BCUT2D eigenvalue weighted by Crippen LogP contribution is 2.48. The number of rotatable bonds is 8. The number of nitrogens with zero attached hydrogens (tertiary/aromatic N) is 2. The predicted octanol–water partition coefficient (Wildman–Crippen LogP) is 4.25. The van der Waals surface area contributed by atoms with Gasteiger partial charge in [-0.3, -0.25) is 4.72 Å². The second-order valence-corrected chi connectivity index (χ2v) is 11.0. The Balaban J connectivity index is 1.80. The van der Waals surface area contributed by atoms with Gasteiger partial charge in [0.15, 0.2) is 5.82 Å². The number of halogens is 3. The first-order valence-corrected chi connectivity index (χ1v) is 12.2. The summed E-state index contributed by atoms with van der Waals surface area (Å²) in [5.41, 5.74) is 0.218. The summed E-state index contributed by atoms with van der Waals surface area (Å²) >= 11 is 1.96. The summed E-state index contributed by atoms with van der Waals surface area (Å²) in [4.78, 5) is 4.04. The molecular weight excluding hydrogens is 541 g/mol. The number of fused-ring (bicyclic) bond motifs is 1. The summed E-state index contributed by atoms with van der Waals surface area (Å²) in [5.74, 6) is -1.38. The van der Waals surface area contributed by atoms with Gasteiger partial charge in [0, 0.05) is 17.2 Å². The number of aliphatic hydroxyl groups is 1. The van der Waals surface area contributed by atoms with Crippen molar-refractivity contribution in [3.05, 3.63) is 45.8 Å². The number of aryl methyl sites for hydroxylation is 1. The lowest BCUT2D eigenvalue weighted by atomic mass is 10.2. The van der Waals surface area contributed by atoms with Gasteiger partial charge in [-0.15, -0.1) is 0 Å². The predicted molar refractivity (Wildman–Crippen MR) is 124 cm³/mol. The minimum Gasteiger partial charge on any atom is -0.396 e. The Morgan fingerprint density at radius 3 is 2.65 bits per heavy atom. The molecule has 1 saturated carbocycles. The molecule has 3 aromatic rings. The molecule has 0 unspecified atom stereocenters. The Morgan fingerprint density at radius 1 is 1.26 bits per heavy atom. The Morgan fingerprint density at radius 2 is 2.00 bits per heavy atom. The van der Waals surface area contributed by atoms with Crippen molar-refractivity contribution in [2.24, 2.45) is 7.05 Å². The van der Waals surface area contributed by atoms with E-state index in [2.05, 4.69) is 15.0 Å². The van der Waals surface area contributed by atoms with Crippen molar-refractivity contribution >= 4 is 60.7 Å². The molecule has 1 heterocycles. The SMILES string of the molecule is Cn1cnc2c(F)c(Nc3ccc(I)cc3F)c(NS(=O)(=O)C3(CCCO)CC3)cc21. The second kappa shape index (κ2) is 8.17. The summed E-state index contributed by atoms with van der Waals surface area (Å²) in [6, 6.07) is 5.89. The van der Waals surface area contributed by atoms with Gasteiger partial charge >= 0.3 is 0 Å². The Hall–Kier alpha value is -1.99. The van der Waals surface area contributed by atoms with Crippen LogP contribution in [-0.2, 0) is 17.1 Å². The molecule has 11 heteroatoms. The third-order valence-corrected chi connectivity index (χ3v) is 8.48. The minimum absolute atomic E-state index is 0.0106. The molecule has 7 nitrogen and oxygen atoms in total. The van der Waals surface area contributed by atoms with E-state index in [0.29, 0.717) is 34.8 Å². The number of hydrogen-bond acceptors (Lipinski definition) is 5. The van der Waals surface area contributed by atoms with Crippen molar-refractivity contribution in [3.8, 4) is 0 Å². The molecule has 31 heavy (non-hydrogen) atoms. The van der Waals surface area contributed by atoms with Crippen LogP contribution >= 0.6 is 22.6 Å². The highest BCUT2D eigenvalue weighted by Gasteiger charge is 2.54. The number of imidazole rings is 1. The third-order valence-electron chi connectivity index (χ3n) is 5.56. The van der Waals surface area contributed by atoms with E-state index in [-0.39, 0.29) is 29.2 Å². The number of benzene rings is 2. The lowest BCUT2D eigenvalue weighted by molar-refractivity contribution is 0.282. The van der Waals surface area contributed by atoms with Gasteiger partial charge in [-0.25, -0.2) is 22.2 Å². The van der Waals surface area contributed by atoms with E-state index in [1.807, 2.05) is 22.6 Å². The molecule has 1 fully saturated rings. The van der Waals surface area contributed by atoms with Crippen molar-refractivity contribution in [1.82, 2.24) is 9.55 Å². The van der Waals surface area contributed by atoms with Gasteiger partial charge in [0.25, 0.3) is 0 Å². The van der Waals surface area contributed by atoms with Crippen LogP contribution in [0.3, 0.4) is 0 Å². The number of aliphatic hydroxyl groups excluding tert-OH is 1. The van der Waals surface area contributed by atoms with Gasteiger partial charge in [0.2, 0.25) is 10.0 Å². The fourth-order valence-corrected chi connectivity index (χ4v) is 5.77. The summed E-state index contributed by atoms with van der Waals surface area (Å²) in [5, 5.41) is 11.8. The molecule has 0 bridgehead atoms. The van der Waals surface area contributed by atoms with Crippen LogP contribution in [0.25, 0.3) is 11.0 Å². The first kappa shape index (κ1) is 22.2. The van der Waals surface area contributed by atoms with E-state index < -0.39 is 26.4 Å². The Bertz CT molecular complexity index is 1260. The van der Waals surface area contributed by atoms with E-state index in [0.717, 1.165) is 0 Å². The van der Waals surface area contributed by atoms with Crippen molar-refractivity contribution in [2.75, 3.05) is 16.6 Å². The van der Waals surface area contributed by atoms with Gasteiger partial charge in [-0.1, -0.05) is 0 Å². The van der Waals surface area contributed by atoms with Crippen LogP contribution in [0, 0.1) is 15.2 Å². The van der Waals surface area contributed by atoms with Crippen molar-refractivity contribution < 1.29 is 22.3 Å². The van der Waals surface area contributed by atoms with Gasteiger partial charge in [-0.05, 0) is 72.5 Å². The van der Waals surface area contributed by atoms with Gasteiger partial charge in [0.05, 0.1) is 28.0 Å².